The van der Waals surface area contributed by atoms with Crippen LogP contribution in [0.5, 0.6) is 0 Å². The van der Waals surface area contributed by atoms with Crippen molar-refractivity contribution in [3.8, 4) is 0 Å². The fourth-order valence-corrected chi connectivity index (χ4v) is 3.38. The molecular formula is C17H24N8. The summed E-state index contributed by atoms with van der Waals surface area (Å²) in [5.41, 5.74) is 2.85. The molecule has 8 heteroatoms. The minimum Gasteiger partial charge on any atom is -0.355 e. The van der Waals surface area contributed by atoms with E-state index in [9.17, 15) is 0 Å². The number of hydrogen-bond donors (Lipinski definition) is 2. The Morgan fingerprint density at radius 3 is 2.80 bits per heavy atom. The van der Waals surface area contributed by atoms with E-state index >= 15 is 0 Å². The van der Waals surface area contributed by atoms with Gasteiger partial charge in [-0.25, -0.2) is 4.98 Å². The van der Waals surface area contributed by atoms with Gasteiger partial charge < -0.3 is 15.1 Å². The molecule has 0 aromatic carbocycles. The Morgan fingerprint density at radius 2 is 2.12 bits per heavy atom. The lowest BCUT2D eigenvalue weighted by atomic mass is 10.2. The van der Waals surface area contributed by atoms with Crippen LogP contribution in [-0.2, 0) is 0 Å². The van der Waals surface area contributed by atoms with Crippen molar-refractivity contribution in [3.05, 3.63) is 29.7 Å². The molecule has 1 aliphatic heterocycles. The molecule has 0 bridgehead atoms. The topological polar surface area (TPSA) is 77.4 Å². The Morgan fingerprint density at radius 1 is 1.28 bits per heavy atom. The van der Waals surface area contributed by atoms with Gasteiger partial charge in [-0.15, -0.1) is 0 Å². The van der Waals surface area contributed by atoms with E-state index in [2.05, 4.69) is 44.4 Å². The standard InChI is InChI=1S/C17H24N8/c1-11-7-14(22-21-11)19-17-20-15(8-16-18-12(2)9-25(16)17)24(4)13-5-6-23(3)10-13/h7-9,13H,5-6,10H2,1-4H3,(H2,19,20,21,22). The van der Waals surface area contributed by atoms with Crippen molar-refractivity contribution in [2.24, 2.45) is 0 Å². The monoisotopic (exact) mass is 340 g/mol. The molecule has 4 heterocycles. The highest BCUT2D eigenvalue weighted by molar-refractivity contribution is 5.61. The highest BCUT2D eigenvalue weighted by atomic mass is 15.3. The van der Waals surface area contributed by atoms with Gasteiger partial charge in [-0.3, -0.25) is 9.50 Å². The third kappa shape index (κ3) is 3.05. The third-order valence-corrected chi connectivity index (χ3v) is 4.78. The maximum atomic E-state index is 4.85. The summed E-state index contributed by atoms with van der Waals surface area (Å²) in [5.74, 6) is 2.39. The molecule has 0 aliphatic carbocycles. The second-order valence-corrected chi connectivity index (χ2v) is 6.93. The Balaban J connectivity index is 1.72. The third-order valence-electron chi connectivity index (χ3n) is 4.78. The molecule has 2 N–H and O–H groups in total. The van der Waals surface area contributed by atoms with Crippen molar-refractivity contribution in [1.29, 1.82) is 0 Å². The van der Waals surface area contributed by atoms with Crippen molar-refractivity contribution < 1.29 is 0 Å². The van der Waals surface area contributed by atoms with Crippen LogP contribution in [-0.4, -0.2) is 62.7 Å². The first-order valence-corrected chi connectivity index (χ1v) is 8.57. The first kappa shape index (κ1) is 15.9. The molecule has 1 fully saturated rings. The zero-order valence-corrected chi connectivity index (χ0v) is 15.1. The number of likely N-dealkylation sites (N-methyl/N-ethyl adjacent to an activating group) is 2. The first-order chi connectivity index (χ1) is 12.0. The van der Waals surface area contributed by atoms with E-state index in [0.717, 1.165) is 54.1 Å². The smallest absolute Gasteiger partial charge is 0.216 e. The number of nitrogens with zero attached hydrogens (tertiary/aromatic N) is 6. The van der Waals surface area contributed by atoms with Crippen LogP contribution in [0, 0.1) is 13.8 Å². The van der Waals surface area contributed by atoms with E-state index in [1.807, 2.05) is 36.6 Å². The van der Waals surface area contributed by atoms with Gasteiger partial charge in [-0.2, -0.15) is 10.1 Å². The average Bonchev–Trinajstić information content (AvgIpc) is 3.26. The molecule has 1 saturated heterocycles. The minimum atomic E-state index is 0.469. The quantitative estimate of drug-likeness (QED) is 0.756. The van der Waals surface area contributed by atoms with E-state index < -0.39 is 0 Å². The molecule has 1 aliphatic rings. The van der Waals surface area contributed by atoms with E-state index in [0.29, 0.717) is 6.04 Å². The number of anilines is 3. The number of aromatic amines is 1. The van der Waals surface area contributed by atoms with Crippen molar-refractivity contribution in [3.63, 3.8) is 0 Å². The molecule has 4 rings (SSSR count). The second kappa shape index (κ2) is 6.03. The average molecular weight is 340 g/mol. The summed E-state index contributed by atoms with van der Waals surface area (Å²) in [6, 6.07) is 4.47. The molecule has 8 nitrogen and oxygen atoms in total. The van der Waals surface area contributed by atoms with Crippen LogP contribution in [0.2, 0.25) is 0 Å². The van der Waals surface area contributed by atoms with E-state index in [4.69, 9.17) is 4.98 Å². The number of likely N-dealkylation sites (tertiary alicyclic amines) is 1. The Labute approximate surface area is 146 Å². The van der Waals surface area contributed by atoms with Crippen molar-refractivity contribution in [2.75, 3.05) is 37.4 Å². The maximum absolute atomic E-state index is 4.85. The number of hydrogen-bond acceptors (Lipinski definition) is 6. The van der Waals surface area contributed by atoms with Crippen LogP contribution < -0.4 is 10.2 Å². The van der Waals surface area contributed by atoms with Gasteiger partial charge in [0, 0.05) is 43.7 Å². The van der Waals surface area contributed by atoms with Gasteiger partial charge in [0.2, 0.25) is 5.95 Å². The van der Waals surface area contributed by atoms with Gasteiger partial charge in [0.1, 0.15) is 11.5 Å². The molecule has 3 aromatic rings. The first-order valence-electron chi connectivity index (χ1n) is 8.57. The van der Waals surface area contributed by atoms with Gasteiger partial charge in [0.05, 0.1) is 5.69 Å². The second-order valence-electron chi connectivity index (χ2n) is 6.93. The molecule has 0 radical (unpaired) electrons. The summed E-state index contributed by atoms with van der Waals surface area (Å²) in [6.07, 6.45) is 3.13. The van der Waals surface area contributed by atoms with Gasteiger partial charge in [0.15, 0.2) is 5.82 Å². The van der Waals surface area contributed by atoms with Crippen LogP contribution >= 0.6 is 0 Å². The van der Waals surface area contributed by atoms with E-state index in [1.165, 1.54) is 0 Å². The molecule has 1 unspecified atom stereocenters. The fourth-order valence-electron chi connectivity index (χ4n) is 3.38. The molecule has 1 atom stereocenters. The highest BCUT2D eigenvalue weighted by Crippen LogP contribution is 2.24. The van der Waals surface area contributed by atoms with Crippen molar-refractivity contribution >= 4 is 23.2 Å². The number of aromatic nitrogens is 5. The maximum Gasteiger partial charge on any atom is 0.216 e. The molecule has 0 saturated carbocycles. The van der Waals surface area contributed by atoms with E-state index in [1.54, 1.807) is 0 Å². The molecule has 3 aromatic heterocycles. The van der Waals surface area contributed by atoms with Crippen LogP contribution in [0.25, 0.3) is 5.65 Å². The van der Waals surface area contributed by atoms with Gasteiger partial charge in [-0.1, -0.05) is 0 Å². The summed E-state index contributed by atoms with van der Waals surface area (Å²) >= 11 is 0. The van der Waals surface area contributed by atoms with Gasteiger partial charge >= 0.3 is 0 Å². The Bertz CT molecular complexity index is 895. The normalized spacial score (nSPS) is 18.2. The van der Waals surface area contributed by atoms with Crippen molar-refractivity contribution in [2.45, 2.75) is 26.3 Å². The zero-order chi connectivity index (χ0) is 17.6. The largest absolute Gasteiger partial charge is 0.355 e. The number of rotatable bonds is 4. The summed E-state index contributed by atoms with van der Waals surface area (Å²) < 4.78 is 1.97. The number of nitrogens with one attached hydrogen (secondary N) is 2. The number of fused-ring (bicyclic) bond motifs is 1. The minimum absolute atomic E-state index is 0.469. The molecule has 132 valence electrons. The lowest BCUT2D eigenvalue weighted by Crippen LogP contribution is -2.34. The Hall–Kier alpha value is -2.61. The SMILES string of the molecule is Cc1cn2c(Nc3cc(C)[nH]n3)nc(N(C)C3CCN(C)C3)cc2n1. The zero-order valence-electron chi connectivity index (χ0n) is 15.1. The Kier molecular flexibility index (Phi) is 3.84. The predicted molar refractivity (Wildman–Crippen MR) is 98.6 cm³/mol. The summed E-state index contributed by atoms with van der Waals surface area (Å²) in [5, 5.41) is 10.5. The van der Waals surface area contributed by atoms with Gasteiger partial charge in [0.25, 0.3) is 0 Å². The van der Waals surface area contributed by atoms with Crippen LogP contribution in [0.3, 0.4) is 0 Å². The molecule has 0 amide bonds. The number of imidazole rings is 1. The van der Waals surface area contributed by atoms with Gasteiger partial charge in [-0.05, 0) is 33.9 Å². The predicted octanol–water partition coefficient (Wildman–Crippen LogP) is 1.95. The molecule has 0 spiro atoms. The summed E-state index contributed by atoms with van der Waals surface area (Å²) in [7, 11) is 4.27. The fraction of sp³-hybridized carbons (Fsp3) is 0.471. The molecular weight excluding hydrogens is 316 g/mol. The number of aryl methyl sites for hydroxylation is 2. The highest BCUT2D eigenvalue weighted by Gasteiger charge is 2.25. The lowest BCUT2D eigenvalue weighted by molar-refractivity contribution is 0.409. The van der Waals surface area contributed by atoms with E-state index in [-0.39, 0.29) is 0 Å². The number of H-pyrrole nitrogens is 1. The lowest BCUT2D eigenvalue weighted by Gasteiger charge is -2.26. The molecule has 25 heavy (non-hydrogen) atoms. The van der Waals surface area contributed by atoms with Crippen LogP contribution in [0.4, 0.5) is 17.6 Å². The van der Waals surface area contributed by atoms with Crippen molar-refractivity contribution in [1.82, 2.24) is 29.5 Å². The van der Waals surface area contributed by atoms with Crippen LogP contribution in [0.15, 0.2) is 18.3 Å². The van der Waals surface area contributed by atoms with Crippen LogP contribution in [0.1, 0.15) is 17.8 Å². The summed E-state index contributed by atoms with van der Waals surface area (Å²) in [4.78, 5) is 14.1. The summed E-state index contributed by atoms with van der Waals surface area (Å²) in [6.45, 7) is 6.14.